The number of aromatic hydroxyl groups is 1. The first-order chi connectivity index (χ1) is 13.3. The van der Waals surface area contributed by atoms with Crippen molar-refractivity contribution in [2.24, 2.45) is 0 Å². The summed E-state index contributed by atoms with van der Waals surface area (Å²) in [4.78, 5) is 14.9. The maximum atomic E-state index is 14.2. The van der Waals surface area contributed by atoms with Crippen molar-refractivity contribution in [2.75, 3.05) is 6.54 Å². The van der Waals surface area contributed by atoms with Gasteiger partial charge in [-0.25, -0.2) is 13.5 Å². The lowest BCUT2D eigenvalue weighted by Crippen LogP contribution is -2.36. The summed E-state index contributed by atoms with van der Waals surface area (Å²) in [5, 5.41) is 14.0. The normalized spacial score (nSPS) is 13.5. The third-order valence-corrected chi connectivity index (χ3v) is 5.13. The Kier molecular flexibility index (Phi) is 4.37. The number of carbonyl (C=O) groups is 1. The number of phenols is 1. The van der Waals surface area contributed by atoms with E-state index in [0.717, 1.165) is 23.3 Å². The van der Waals surface area contributed by atoms with E-state index < -0.39 is 11.6 Å². The quantitative estimate of drug-likeness (QED) is 0.735. The summed E-state index contributed by atoms with van der Waals surface area (Å²) in [5.74, 6) is -1.45. The Morgan fingerprint density at radius 3 is 2.64 bits per heavy atom. The summed E-state index contributed by atoms with van der Waals surface area (Å²) in [5.41, 5.74) is 3.50. The predicted octanol–water partition coefficient (Wildman–Crippen LogP) is 3.67. The van der Waals surface area contributed by atoms with Crippen LogP contribution in [0.25, 0.3) is 5.69 Å². The number of aryl methyl sites for hydroxylation is 1. The van der Waals surface area contributed by atoms with E-state index >= 15 is 0 Å². The zero-order chi connectivity index (χ0) is 20.0. The van der Waals surface area contributed by atoms with Crippen molar-refractivity contribution < 1.29 is 18.7 Å². The molecule has 1 aliphatic rings. The van der Waals surface area contributed by atoms with Gasteiger partial charge in [0.05, 0.1) is 17.0 Å². The van der Waals surface area contributed by atoms with Crippen molar-refractivity contribution in [3.8, 4) is 11.4 Å². The predicted molar refractivity (Wildman–Crippen MR) is 99.5 cm³/mol. The molecule has 1 aromatic heterocycles. The molecule has 5 nitrogen and oxygen atoms in total. The van der Waals surface area contributed by atoms with Crippen LogP contribution in [0.15, 0.2) is 36.4 Å². The lowest BCUT2D eigenvalue weighted by molar-refractivity contribution is 0.0733. The summed E-state index contributed by atoms with van der Waals surface area (Å²) in [6, 6.07) is 8.44. The van der Waals surface area contributed by atoms with Gasteiger partial charge in [0.2, 0.25) is 0 Å². The number of carbonyl (C=O) groups excluding carboxylic acids is 1. The van der Waals surface area contributed by atoms with Gasteiger partial charge in [0, 0.05) is 19.2 Å². The van der Waals surface area contributed by atoms with Gasteiger partial charge in [-0.15, -0.1) is 0 Å². The summed E-state index contributed by atoms with van der Waals surface area (Å²) >= 11 is 0. The molecule has 3 aromatic rings. The third-order valence-electron chi connectivity index (χ3n) is 5.13. The number of hydrogen-bond donors (Lipinski definition) is 1. The molecule has 2 aromatic carbocycles. The molecule has 0 fully saturated rings. The van der Waals surface area contributed by atoms with Gasteiger partial charge in [-0.1, -0.05) is 6.07 Å². The van der Waals surface area contributed by atoms with Gasteiger partial charge in [-0.3, -0.25) is 4.79 Å². The molecule has 0 aliphatic carbocycles. The second kappa shape index (κ2) is 6.74. The molecule has 0 saturated carbocycles. The zero-order valence-electron chi connectivity index (χ0n) is 15.5. The van der Waals surface area contributed by atoms with Gasteiger partial charge >= 0.3 is 0 Å². The lowest BCUT2D eigenvalue weighted by atomic mass is 9.98. The molecule has 0 unspecified atom stereocenters. The molecule has 144 valence electrons. The fourth-order valence-electron chi connectivity index (χ4n) is 3.71. The molecule has 0 bridgehead atoms. The molecular formula is C21H19F2N3O2. The SMILES string of the molecule is Cc1nn(-c2ccc(F)cc2F)c(C)c1C(=O)N1CCc2ccc(O)cc2C1. The van der Waals surface area contributed by atoms with Gasteiger partial charge < -0.3 is 10.0 Å². The fourth-order valence-corrected chi connectivity index (χ4v) is 3.71. The third kappa shape index (κ3) is 3.02. The van der Waals surface area contributed by atoms with Crippen LogP contribution in [-0.2, 0) is 13.0 Å². The Balaban J connectivity index is 1.68. The van der Waals surface area contributed by atoms with E-state index in [1.54, 1.807) is 30.9 Å². The van der Waals surface area contributed by atoms with Crippen molar-refractivity contribution in [1.82, 2.24) is 14.7 Å². The van der Waals surface area contributed by atoms with E-state index in [4.69, 9.17) is 0 Å². The molecule has 28 heavy (non-hydrogen) atoms. The maximum Gasteiger partial charge on any atom is 0.257 e. The first kappa shape index (κ1) is 18.2. The minimum absolute atomic E-state index is 0.0926. The maximum absolute atomic E-state index is 14.2. The van der Waals surface area contributed by atoms with Crippen molar-refractivity contribution in [1.29, 1.82) is 0 Å². The van der Waals surface area contributed by atoms with E-state index in [9.17, 15) is 18.7 Å². The van der Waals surface area contributed by atoms with Crippen molar-refractivity contribution in [3.05, 3.63) is 76.1 Å². The van der Waals surface area contributed by atoms with Crippen LogP contribution in [0.3, 0.4) is 0 Å². The van der Waals surface area contributed by atoms with Crippen molar-refractivity contribution in [3.63, 3.8) is 0 Å². The largest absolute Gasteiger partial charge is 0.508 e. The number of hydrogen-bond acceptors (Lipinski definition) is 3. The van der Waals surface area contributed by atoms with Crippen LogP contribution in [0, 0.1) is 25.5 Å². The lowest BCUT2D eigenvalue weighted by Gasteiger charge is -2.29. The fraction of sp³-hybridized carbons (Fsp3) is 0.238. The molecule has 4 rings (SSSR count). The second-order valence-corrected chi connectivity index (χ2v) is 6.98. The minimum Gasteiger partial charge on any atom is -0.508 e. The van der Waals surface area contributed by atoms with Crippen molar-refractivity contribution in [2.45, 2.75) is 26.8 Å². The van der Waals surface area contributed by atoms with Crippen LogP contribution in [0.2, 0.25) is 0 Å². The Labute approximate surface area is 160 Å². The highest BCUT2D eigenvalue weighted by atomic mass is 19.1. The molecule has 2 heterocycles. The van der Waals surface area contributed by atoms with Crippen LogP contribution >= 0.6 is 0 Å². The Bertz CT molecular complexity index is 1090. The zero-order valence-corrected chi connectivity index (χ0v) is 15.5. The highest BCUT2D eigenvalue weighted by Gasteiger charge is 2.27. The highest BCUT2D eigenvalue weighted by Crippen LogP contribution is 2.27. The number of fused-ring (bicyclic) bond motifs is 1. The monoisotopic (exact) mass is 383 g/mol. The van der Waals surface area contributed by atoms with Crippen LogP contribution < -0.4 is 0 Å². The van der Waals surface area contributed by atoms with Crippen LogP contribution in [0.4, 0.5) is 8.78 Å². The van der Waals surface area contributed by atoms with Gasteiger partial charge in [-0.2, -0.15) is 5.10 Å². The summed E-state index contributed by atoms with van der Waals surface area (Å²) in [6.07, 6.45) is 0.695. The summed E-state index contributed by atoms with van der Waals surface area (Å²) in [6.45, 7) is 4.32. The van der Waals surface area contributed by atoms with E-state index in [2.05, 4.69) is 5.10 Å². The molecule has 0 spiro atoms. The van der Waals surface area contributed by atoms with Gasteiger partial charge in [-0.05, 0) is 55.7 Å². The number of benzene rings is 2. The summed E-state index contributed by atoms with van der Waals surface area (Å²) < 4.78 is 28.8. The Morgan fingerprint density at radius 1 is 1.11 bits per heavy atom. The number of amides is 1. The van der Waals surface area contributed by atoms with Gasteiger partial charge in [0.1, 0.15) is 17.3 Å². The summed E-state index contributed by atoms with van der Waals surface area (Å²) in [7, 11) is 0. The van der Waals surface area contributed by atoms with Crippen LogP contribution in [-0.4, -0.2) is 32.2 Å². The smallest absolute Gasteiger partial charge is 0.257 e. The molecule has 7 heteroatoms. The molecule has 1 aliphatic heterocycles. The second-order valence-electron chi connectivity index (χ2n) is 6.98. The van der Waals surface area contributed by atoms with Gasteiger partial charge in [0.15, 0.2) is 5.82 Å². The minimum atomic E-state index is -0.744. The number of halogens is 2. The van der Waals surface area contributed by atoms with E-state index in [0.29, 0.717) is 36.5 Å². The highest BCUT2D eigenvalue weighted by molar-refractivity contribution is 5.96. The molecule has 0 atom stereocenters. The average Bonchev–Trinajstić information content (AvgIpc) is 2.94. The first-order valence-corrected chi connectivity index (χ1v) is 8.97. The van der Waals surface area contributed by atoms with E-state index in [1.807, 2.05) is 6.07 Å². The molecule has 0 saturated heterocycles. The van der Waals surface area contributed by atoms with E-state index in [1.165, 1.54) is 10.7 Å². The molecule has 1 N–H and O–H groups in total. The molecule has 1 amide bonds. The van der Waals surface area contributed by atoms with Crippen LogP contribution in [0.1, 0.15) is 32.9 Å². The number of rotatable bonds is 2. The molecular weight excluding hydrogens is 364 g/mol. The standard InChI is InChI=1S/C21H19F2N3O2/c1-12-20(13(2)26(24-12)19-6-4-16(22)10-18(19)23)21(28)25-8-7-14-3-5-17(27)9-15(14)11-25/h3-6,9-10,27H,7-8,11H2,1-2H3. The number of nitrogens with zero attached hydrogens (tertiary/aromatic N) is 3. The first-order valence-electron chi connectivity index (χ1n) is 8.97. The number of phenolic OH excluding ortho intramolecular Hbond substituents is 1. The van der Waals surface area contributed by atoms with Crippen molar-refractivity contribution >= 4 is 5.91 Å². The topological polar surface area (TPSA) is 58.4 Å². The van der Waals surface area contributed by atoms with Gasteiger partial charge in [0.25, 0.3) is 5.91 Å². The Morgan fingerprint density at radius 2 is 1.89 bits per heavy atom. The van der Waals surface area contributed by atoms with E-state index in [-0.39, 0.29) is 17.3 Å². The average molecular weight is 383 g/mol. The number of aromatic nitrogens is 2. The Hall–Kier alpha value is -3.22. The van der Waals surface area contributed by atoms with Crippen LogP contribution in [0.5, 0.6) is 5.75 Å². The molecule has 0 radical (unpaired) electrons.